The zero-order chi connectivity index (χ0) is 22.2. The fraction of sp³-hybridized carbons (Fsp3) is 0.435. The molecule has 2 aliphatic rings. The predicted molar refractivity (Wildman–Crippen MR) is 117 cm³/mol. The second-order valence-corrected chi connectivity index (χ2v) is 10.6. The average Bonchev–Trinajstić information content (AvgIpc) is 2.74. The maximum absolute atomic E-state index is 13.1. The fourth-order valence-corrected chi connectivity index (χ4v) is 5.53. The highest BCUT2D eigenvalue weighted by Gasteiger charge is 2.35. The van der Waals surface area contributed by atoms with Gasteiger partial charge in [0.2, 0.25) is 10.0 Å². The van der Waals surface area contributed by atoms with Gasteiger partial charge in [-0.05, 0) is 45.0 Å². The number of hydrogen-bond donors (Lipinski definition) is 1. The van der Waals surface area contributed by atoms with E-state index in [1.807, 2.05) is 39.0 Å². The molecule has 2 aliphatic heterocycles. The number of hydrogen-bond acceptors (Lipinski definition) is 5. The van der Waals surface area contributed by atoms with Crippen molar-refractivity contribution in [3.8, 4) is 5.75 Å². The molecular formula is C23H28N2O5S. The van der Waals surface area contributed by atoms with Crippen LogP contribution in [0.15, 0.2) is 47.4 Å². The largest absolute Gasteiger partial charge is 0.487 e. The Hall–Kier alpha value is -2.42. The molecule has 7 nitrogen and oxygen atoms in total. The predicted octanol–water partition coefficient (Wildman–Crippen LogP) is 3.05. The first-order valence-electron chi connectivity index (χ1n) is 10.4. The van der Waals surface area contributed by atoms with E-state index < -0.39 is 15.6 Å². The van der Waals surface area contributed by atoms with Crippen LogP contribution in [0.25, 0.3) is 0 Å². The second kappa shape index (κ2) is 8.26. The Balaban J connectivity index is 1.59. The quantitative estimate of drug-likeness (QED) is 0.784. The van der Waals surface area contributed by atoms with Crippen molar-refractivity contribution in [3.05, 3.63) is 59.2 Å². The topological polar surface area (TPSA) is 84.9 Å². The average molecular weight is 445 g/mol. The van der Waals surface area contributed by atoms with Gasteiger partial charge in [0.05, 0.1) is 24.2 Å². The monoisotopic (exact) mass is 444 g/mol. The van der Waals surface area contributed by atoms with Crippen molar-refractivity contribution >= 4 is 15.9 Å². The summed E-state index contributed by atoms with van der Waals surface area (Å²) in [5, 5.41) is 3.09. The highest BCUT2D eigenvalue weighted by Crippen LogP contribution is 2.40. The lowest BCUT2D eigenvalue weighted by molar-refractivity contribution is 0.0619. The van der Waals surface area contributed by atoms with Crippen LogP contribution in [0.2, 0.25) is 0 Å². The van der Waals surface area contributed by atoms with E-state index in [1.165, 1.54) is 16.4 Å². The van der Waals surface area contributed by atoms with Crippen molar-refractivity contribution < 1.29 is 22.7 Å². The molecule has 1 saturated heterocycles. The molecule has 0 saturated carbocycles. The number of carbonyl (C=O) groups excluding carboxylic acids is 1. The first-order chi connectivity index (χ1) is 14.7. The lowest BCUT2D eigenvalue weighted by Gasteiger charge is -2.38. The lowest BCUT2D eigenvalue weighted by Crippen LogP contribution is -2.41. The molecule has 0 radical (unpaired) electrons. The van der Waals surface area contributed by atoms with E-state index in [0.29, 0.717) is 38.3 Å². The SMILES string of the molecule is Cc1ccc2c(c1)[C@H](NC(=O)c1cccc(S(=O)(=O)N3CCOCC3)c1)CC(C)(C)O2. The van der Waals surface area contributed by atoms with Gasteiger partial charge in [0.25, 0.3) is 5.91 Å². The number of ether oxygens (including phenoxy) is 2. The van der Waals surface area contributed by atoms with Gasteiger partial charge < -0.3 is 14.8 Å². The van der Waals surface area contributed by atoms with Crippen LogP contribution in [-0.4, -0.2) is 50.5 Å². The van der Waals surface area contributed by atoms with Crippen molar-refractivity contribution in [1.29, 1.82) is 0 Å². The summed E-state index contributed by atoms with van der Waals surface area (Å²) in [5.41, 5.74) is 1.90. The van der Waals surface area contributed by atoms with Gasteiger partial charge in [-0.2, -0.15) is 4.31 Å². The molecular weight excluding hydrogens is 416 g/mol. The molecule has 0 spiro atoms. The van der Waals surface area contributed by atoms with Gasteiger partial charge in [-0.15, -0.1) is 0 Å². The molecule has 1 amide bonds. The Labute approximate surface area is 183 Å². The van der Waals surface area contributed by atoms with Crippen molar-refractivity contribution in [2.45, 2.75) is 43.7 Å². The smallest absolute Gasteiger partial charge is 0.251 e. The Morgan fingerprint density at radius 3 is 2.61 bits per heavy atom. The van der Waals surface area contributed by atoms with Crippen molar-refractivity contribution in [1.82, 2.24) is 9.62 Å². The van der Waals surface area contributed by atoms with Crippen LogP contribution < -0.4 is 10.1 Å². The van der Waals surface area contributed by atoms with Crippen LogP contribution in [-0.2, 0) is 14.8 Å². The summed E-state index contributed by atoms with van der Waals surface area (Å²) in [7, 11) is -3.67. The highest BCUT2D eigenvalue weighted by atomic mass is 32.2. The molecule has 8 heteroatoms. The fourth-order valence-electron chi connectivity index (χ4n) is 4.08. The lowest BCUT2D eigenvalue weighted by atomic mass is 9.88. The van der Waals surface area contributed by atoms with E-state index in [4.69, 9.17) is 9.47 Å². The summed E-state index contributed by atoms with van der Waals surface area (Å²) in [6, 6.07) is 11.9. The number of benzene rings is 2. The molecule has 2 aromatic carbocycles. The van der Waals surface area contributed by atoms with E-state index in [1.54, 1.807) is 12.1 Å². The molecule has 2 aromatic rings. The van der Waals surface area contributed by atoms with Gasteiger partial charge >= 0.3 is 0 Å². The maximum Gasteiger partial charge on any atom is 0.251 e. The molecule has 0 aromatic heterocycles. The third-order valence-corrected chi connectivity index (χ3v) is 7.53. The molecule has 1 N–H and O–H groups in total. The Morgan fingerprint density at radius 2 is 1.87 bits per heavy atom. The number of amides is 1. The third-order valence-electron chi connectivity index (χ3n) is 5.63. The normalized spacial score (nSPS) is 21.1. The number of sulfonamides is 1. The minimum absolute atomic E-state index is 0.116. The Bertz CT molecular complexity index is 1090. The molecule has 1 atom stereocenters. The molecule has 0 unspecified atom stereocenters. The zero-order valence-corrected chi connectivity index (χ0v) is 18.9. The maximum atomic E-state index is 13.1. The molecule has 0 aliphatic carbocycles. The number of morpholine rings is 1. The summed E-state index contributed by atoms with van der Waals surface area (Å²) >= 11 is 0. The van der Waals surface area contributed by atoms with Gasteiger partial charge in [-0.1, -0.05) is 23.8 Å². The third kappa shape index (κ3) is 4.61. The van der Waals surface area contributed by atoms with Gasteiger partial charge in [0.15, 0.2) is 0 Å². The number of fused-ring (bicyclic) bond motifs is 1. The summed E-state index contributed by atoms with van der Waals surface area (Å²) in [5.74, 6) is 0.449. The van der Waals surface area contributed by atoms with Crippen LogP contribution in [0.1, 0.15) is 47.8 Å². The summed E-state index contributed by atoms with van der Waals surface area (Å²) in [6.45, 7) is 7.35. The van der Waals surface area contributed by atoms with Crippen molar-refractivity contribution in [3.63, 3.8) is 0 Å². The highest BCUT2D eigenvalue weighted by molar-refractivity contribution is 7.89. The first-order valence-corrected chi connectivity index (χ1v) is 11.9. The van der Waals surface area contributed by atoms with Gasteiger partial charge in [-0.25, -0.2) is 8.42 Å². The standard InChI is InChI=1S/C23H28N2O5S/c1-16-7-8-21-19(13-16)20(15-23(2,3)30-21)24-22(26)17-5-4-6-18(14-17)31(27,28)25-9-11-29-12-10-25/h4-8,13-14,20H,9-12,15H2,1-3H3,(H,24,26)/t20-/m1/s1. The molecule has 4 rings (SSSR count). The van der Waals surface area contributed by atoms with Crippen molar-refractivity contribution in [2.24, 2.45) is 0 Å². The van der Waals surface area contributed by atoms with Crippen LogP contribution in [0, 0.1) is 6.92 Å². The number of nitrogens with zero attached hydrogens (tertiary/aromatic N) is 1. The Kier molecular flexibility index (Phi) is 5.81. The summed E-state index contributed by atoms with van der Waals surface area (Å²) in [4.78, 5) is 13.2. The molecule has 2 heterocycles. The van der Waals surface area contributed by atoms with E-state index in [-0.39, 0.29) is 16.8 Å². The van der Waals surface area contributed by atoms with E-state index in [9.17, 15) is 13.2 Å². The summed E-state index contributed by atoms with van der Waals surface area (Å²) in [6.07, 6.45) is 0.612. The minimum Gasteiger partial charge on any atom is -0.487 e. The van der Waals surface area contributed by atoms with Crippen molar-refractivity contribution in [2.75, 3.05) is 26.3 Å². The van der Waals surface area contributed by atoms with Crippen LogP contribution in [0.4, 0.5) is 0 Å². The number of rotatable bonds is 4. The number of carbonyl (C=O) groups is 1. The van der Waals surface area contributed by atoms with Gasteiger partial charge in [0, 0.05) is 30.6 Å². The molecule has 31 heavy (non-hydrogen) atoms. The van der Waals surface area contributed by atoms with E-state index in [2.05, 4.69) is 5.32 Å². The van der Waals surface area contributed by atoms with Crippen LogP contribution >= 0.6 is 0 Å². The molecule has 166 valence electrons. The van der Waals surface area contributed by atoms with Gasteiger partial charge in [0.1, 0.15) is 11.4 Å². The zero-order valence-electron chi connectivity index (χ0n) is 18.1. The van der Waals surface area contributed by atoms with Crippen LogP contribution in [0.3, 0.4) is 0 Å². The number of aryl methyl sites for hydroxylation is 1. The van der Waals surface area contributed by atoms with Crippen LogP contribution in [0.5, 0.6) is 5.75 Å². The summed E-state index contributed by atoms with van der Waals surface area (Å²) < 4.78 is 38.6. The second-order valence-electron chi connectivity index (χ2n) is 8.68. The molecule has 0 bridgehead atoms. The minimum atomic E-state index is -3.67. The first kappa shape index (κ1) is 21.8. The van der Waals surface area contributed by atoms with Gasteiger partial charge in [-0.3, -0.25) is 4.79 Å². The molecule has 1 fully saturated rings. The Morgan fingerprint density at radius 1 is 1.13 bits per heavy atom. The number of nitrogens with one attached hydrogen (secondary N) is 1. The van der Waals surface area contributed by atoms with E-state index in [0.717, 1.165) is 16.9 Å². The van der Waals surface area contributed by atoms with E-state index >= 15 is 0 Å².